The second-order valence-electron chi connectivity index (χ2n) is 9.50. The number of carbonyl (C=O) groups is 2. The van der Waals surface area contributed by atoms with Crippen molar-refractivity contribution in [1.82, 2.24) is 9.80 Å². The number of ketones is 1. The van der Waals surface area contributed by atoms with E-state index in [1.54, 1.807) is 17.0 Å². The molecule has 7 heteroatoms. The summed E-state index contributed by atoms with van der Waals surface area (Å²) in [6.07, 6.45) is 3.15. The molecule has 0 spiro atoms. The maximum Gasteiger partial charge on any atom is 0.295 e. The van der Waals surface area contributed by atoms with Crippen LogP contribution in [0.1, 0.15) is 49.9 Å². The number of nitrogens with zero attached hydrogens (tertiary/aromatic N) is 2. The number of carbonyl (C=O) groups excluding carboxylic acids is 2. The molecular formula is C30H36N2O5. The number of aliphatic hydroxyl groups is 1. The number of benzene rings is 2. The number of fused-ring (bicyclic) bond motifs is 1. The van der Waals surface area contributed by atoms with Gasteiger partial charge in [-0.1, -0.05) is 38.6 Å². The molecule has 1 N–H and O–H groups in total. The Hall–Kier alpha value is -3.58. The summed E-state index contributed by atoms with van der Waals surface area (Å²) in [7, 11) is 0. The lowest BCUT2D eigenvalue weighted by molar-refractivity contribution is -0.140. The third-order valence-electron chi connectivity index (χ3n) is 7.02. The Kier molecular flexibility index (Phi) is 8.34. The van der Waals surface area contributed by atoms with Crippen LogP contribution in [0.4, 0.5) is 0 Å². The number of hydrogen-bond donors (Lipinski definition) is 1. The van der Waals surface area contributed by atoms with Crippen LogP contribution in [0.15, 0.2) is 60.7 Å². The van der Waals surface area contributed by atoms with E-state index >= 15 is 0 Å². The van der Waals surface area contributed by atoms with Crippen LogP contribution >= 0.6 is 0 Å². The first-order chi connectivity index (χ1) is 17.9. The molecule has 1 amide bonds. The van der Waals surface area contributed by atoms with E-state index in [2.05, 4.69) is 25.3 Å². The SMILES string of the molecule is C=CCOc1cccc([C@@H]2/C(=C(\O)c3ccc4c(c3)C[C@H](C)O4)C(=O)C(=O)N2CCCN(CC)CC)c1. The van der Waals surface area contributed by atoms with Gasteiger partial charge in [0.05, 0.1) is 11.6 Å². The van der Waals surface area contributed by atoms with Crippen molar-refractivity contribution < 1.29 is 24.2 Å². The molecule has 2 heterocycles. The third-order valence-corrected chi connectivity index (χ3v) is 7.02. The first-order valence-corrected chi connectivity index (χ1v) is 13.0. The van der Waals surface area contributed by atoms with Gasteiger partial charge >= 0.3 is 0 Å². The topological polar surface area (TPSA) is 79.3 Å². The predicted molar refractivity (Wildman–Crippen MR) is 144 cm³/mol. The van der Waals surface area contributed by atoms with Crippen molar-refractivity contribution in [1.29, 1.82) is 0 Å². The normalized spacial score (nSPS) is 20.3. The Labute approximate surface area is 219 Å². The zero-order chi connectivity index (χ0) is 26.5. The van der Waals surface area contributed by atoms with Crippen LogP contribution in [0.3, 0.4) is 0 Å². The van der Waals surface area contributed by atoms with Crippen LogP contribution in [0.5, 0.6) is 11.5 Å². The van der Waals surface area contributed by atoms with Crippen LogP contribution < -0.4 is 9.47 Å². The van der Waals surface area contributed by atoms with Crippen molar-refractivity contribution in [2.45, 2.75) is 45.8 Å². The van der Waals surface area contributed by atoms with Crippen molar-refractivity contribution in [3.63, 3.8) is 0 Å². The molecule has 1 saturated heterocycles. The van der Waals surface area contributed by atoms with E-state index in [-0.39, 0.29) is 17.4 Å². The molecule has 2 aromatic carbocycles. The smallest absolute Gasteiger partial charge is 0.295 e. The predicted octanol–water partition coefficient (Wildman–Crippen LogP) is 4.73. The van der Waals surface area contributed by atoms with E-state index in [0.717, 1.165) is 37.4 Å². The van der Waals surface area contributed by atoms with Gasteiger partial charge in [0.15, 0.2) is 0 Å². The van der Waals surface area contributed by atoms with Crippen molar-refractivity contribution in [3.05, 3.63) is 77.4 Å². The number of rotatable bonds is 11. The van der Waals surface area contributed by atoms with Gasteiger partial charge in [-0.2, -0.15) is 0 Å². The van der Waals surface area contributed by atoms with E-state index in [1.807, 2.05) is 43.3 Å². The first kappa shape index (κ1) is 26.5. The second kappa shape index (κ2) is 11.6. The highest BCUT2D eigenvalue weighted by molar-refractivity contribution is 6.46. The largest absolute Gasteiger partial charge is 0.507 e. The van der Waals surface area contributed by atoms with Crippen LogP contribution in [0.2, 0.25) is 0 Å². The van der Waals surface area contributed by atoms with Gasteiger partial charge in [-0.25, -0.2) is 0 Å². The van der Waals surface area contributed by atoms with E-state index in [4.69, 9.17) is 9.47 Å². The van der Waals surface area contributed by atoms with Crippen LogP contribution in [-0.2, 0) is 16.0 Å². The Morgan fingerprint density at radius 1 is 1.22 bits per heavy atom. The van der Waals surface area contributed by atoms with Gasteiger partial charge in [0, 0.05) is 18.5 Å². The van der Waals surface area contributed by atoms with E-state index in [1.165, 1.54) is 0 Å². The third kappa shape index (κ3) is 5.57. The van der Waals surface area contributed by atoms with Gasteiger partial charge in [-0.05, 0) is 74.4 Å². The lowest BCUT2D eigenvalue weighted by Crippen LogP contribution is -2.33. The van der Waals surface area contributed by atoms with Gasteiger partial charge in [0.25, 0.3) is 11.7 Å². The fraction of sp³-hybridized carbons (Fsp3) is 0.400. The van der Waals surface area contributed by atoms with E-state index in [0.29, 0.717) is 36.4 Å². The number of likely N-dealkylation sites (tertiary alicyclic amines) is 1. The molecule has 2 aliphatic heterocycles. The molecule has 0 saturated carbocycles. The zero-order valence-corrected chi connectivity index (χ0v) is 21.9. The van der Waals surface area contributed by atoms with Crippen molar-refractivity contribution in [2.75, 3.05) is 32.8 Å². The van der Waals surface area contributed by atoms with Gasteiger partial charge in [0.2, 0.25) is 0 Å². The number of Topliss-reactive ketones (excluding diaryl/α,β-unsaturated/α-hetero) is 1. The fourth-order valence-electron chi connectivity index (χ4n) is 5.12. The van der Waals surface area contributed by atoms with Crippen molar-refractivity contribution in [3.8, 4) is 11.5 Å². The maximum absolute atomic E-state index is 13.4. The summed E-state index contributed by atoms with van der Waals surface area (Å²) in [6, 6.07) is 12.0. The van der Waals surface area contributed by atoms with Crippen molar-refractivity contribution >= 4 is 17.4 Å². The molecule has 0 aromatic heterocycles. The lowest BCUT2D eigenvalue weighted by Gasteiger charge is -2.27. The summed E-state index contributed by atoms with van der Waals surface area (Å²) in [5.41, 5.74) is 2.28. The minimum atomic E-state index is -0.715. The molecule has 4 rings (SSSR count). The standard InChI is InChI=1S/C30H36N2O5/c1-5-16-36-24-11-8-10-21(19-24)27-26(28(33)22-12-13-25-23(18-22)17-20(4)37-25)29(34)30(35)32(27)15-9-14-31(6-2)7-3/h5,8,10-13,18-20,27,33H,1,6-7,9,14-17H2,2-4H3/b28-26+/t20-,27+/m0/s1. The average Bonchev–Trinajstić information content (AvgIpc) is 3.40. The molecular weight excluding hydrogens is 468 g/mol. The van der Waals surface area contributed by atoms with Crippen LogP contribution in [0, 0.1) is 0 Å². The van der Waals surface area contributed by atoms with Crippen LogP contribution in [-0.4, -0.2) is 65.5 Å². The number of ether oxygens (including phenoxy) is 2. The molecule has 7 nitrogen and oxygen atoms in total. The Balaban J connectivity index is 1.74. The summed E-state index contributed by atoms with van der Waals surface area (Å²) in [6.45, 7) is 13.3. The number of hydrogen-bond acceptors (Lipinski definition) is 6. The van der Waals surface area contributed by atoms with E-state index in [9.17, 15) is 14.7 Å². The lowest BCUT2D eigenvalue weighted by atomic mass is 9.94. The average molecular weight is 505 g/mol. The molecule has 0 radical (unpaired) electrons. The highest BCUT2D eigenvalue weighted by Gasteiger charge is 2.46. The number of amides is 1. The molecule has 2 aliphatic rings. The van der Waals surface area contributed by atoms with E-state index < -0.39 is 17.7 Å². The summed E-state index contributed by atoms with van der Waals surface area (Å²) >= 11 is 0. The van der Waals surface area contributed by atoms with Crippen LogP contribution in [0.25, 0.3) is 5.76 Å². The fourth-order valence-corrected chi connectivity index (χ4v) is 5.12. The molecule has 0 aliphatic carbocycles. The summed E-state index contributed by atoms with van der Waals surface area (Å²) in [5, 5.41) is 11.4. The van der Waals surface area contributed by atoms with Gasteiger partial charge < -0.3 is 24.4 Å². The molecule has 0 bridgehead atoms. The monoisotopic (exact) mass is 504 g/mol. The molecule has 196 valence electrons. The molecule has 2 aromatic rings. The molecule has 37 heavy (non-hydrogen) atoms. The Morgan fingerprint density at radius 3 is 2.73 bits per heavy atom. The molecule has 2 atom stereocenters. The molecule has 1 fully saturated rings. The highest BCUT2D eigenvalue weighted by atomic mass is 16.5. The van der Waals surface area contributed by atoms with Gasteiger partial charge in [-0.3, -0.25) is 9.59 Å². The minimum Gasteiger partial charge on any atom is -0.507 e. The van der Waals surface area contributed by atoms with Gasteiger partial charge in [0.1, 0.15) is 30.0 Å². The maximum atomic E-state index is 13.4. The van der Waals surface area contributed by atoms with Crippen molar-refractivity contribution in [2.24, 2.45) is 0 Å². The summed E-state index contributed by atoms with van der Waals surface area (Å²) in [4.78, 5) is 30.5. The first-order valence-electron chi connectivity index (χ1n) is 13.0. The summed E-state index contributed by atoms with van der Waals surface area (Å²) in [5.74, 6) is -0.0526. The highest BCUT2D eigenvalue weighted by Crippen LogP contribution is 2.41. The molecule has 0 unspecified atom stereocenters. The minimum absolute atomic E-state index is 0.0575. The summed E-state index contributed by atoms with van der Waals surface area (Å²) < 4.78 is 11.5. The Bertz CT molecular complexity index is 1200. The Morgan fingerprint density at radius 2 is 2.00 bits per heavy atom. The number of aliphatic hydroxyl groups excluding tert-OH is 1. The second-order valence-corrected chi connectivity index (χ2v) is 9.50. The van der Waals surface area contributed by atoms with Gasteiger partial charge in [-0.15, -0.1) is 0 Å². The quantitative estimate of drug-likeness (QED) is 0.206. The zero-order valence-electron chi connectivity index (χ0n) is 21.9.